The summed E-state index contributed by atoms with van der Waals surface area (Å²) in [7, 11) is 0. The van der Waals surface area contributed by atoms with Crippen molar-refractivity contribution in [3.8, 4) is 28.7 Å². The number of aliphatic hydroxyl groups is 1. The summed E-state index contributed by atoms with van der Waals surface area (Å²) in [4.78, 5) is 13.7. The molecule has 0 bridgehead atoms. The third kappa shape index (κ3) is 2.61. The van der Waals surface area contributed by atoms with Crippen molar-refractivity contribution >= 4 is 11.9 Å². The summed E-state index contributed by atoms with van der Waals surface area (Å²) in [5.41, 5.74) is -0.685. The molecule has 166 valence electrons. The van der Waals surface area contributed by atoms with E-state index >= 15 is 0 Å². The lowest BCUT2D eigenvalue weighted by Gasteiger charge is -2.43. The van der Waals surface area contributed by atoms with Gasteiger partial charge in [-0.1, -0.05) is 11.6 Å². The Balaban J connectivity index is 1.76. The SMILES string of the molecule is CC(C)=CC[C@]12Oc3cc4c(c(O)c3C(=O)[C@@]1(O)Oc1cc(O)ccc12)C=CC(C)(C)O4. The topological polar surface area (TPSA) is 105 Å². The summed E-state index contributed by atoms with van der Waals surface area (Å²) in [6.45, 7) is 7.54. The van der Waals surface area contributed by atoms with Gasteiger partial charge in [-0.05, 0) is 52.0 Å². The highest BCUT2D eigenvalue weighted by Crippen LogP contribution is 2.59. The van der Waals surface area contributed by atoms with Gasteiger partial charge in [-0.2, -0.15) is 0 Å². The van der Waals surface area contributed by atoms with Gasteiger partial charge >= 0.3 is 5.79 Å². The Labute approximate surface area is 185 Å². The lowest BCUT2D eigenvalue weighted by Crippen LogP contribution is -2.62. The Morgan fingerprint density at radius 3 is 2.50 bits per heavy atom. The second-order valence-electron chi connectivity index (χ2n) is 9.22. The summed E-state index contributed by atoms with van der Waals surface area (Å²) in [6, 6.07) is 5.91. The number of carbonyl (C=O) groups is 1. The van der Waals surface area contributed by atoms with Crippen molar-refractivity contribution in [2.45, 2.75) is 51.1 Å². The normalized spacial score (nSPS) is 26.0. The van der Waals surface area contributed by atoms with E-state index in [0.29, 0.717) is 16.9 Å². The number of Topliss-reactive ketones (excluding diaryl/α,β-unsaturated/α-hetero) is 1. The van der Waals surface area contributed by atoms with E-state index in [1.165, 1.54) is 12.1 Å². The molecule has 0 radical (unpaired) electrons. The van der Waals surface area contributed by atoms with Crippen molar-refractivity contribution in [2.75, 3.05) is 0 Å². The van der Waals surface area contributed by atoms with Gasteiger partial charge in [0.1, 0.15) is 39.9 Å². The average molecular weight is 436 g/mol. The van der Waals surface area contributed by atoms with Crippen LogP contribution in [0.4, 0.5) is 0 Å². The van der Waals surface area contributed by atoms with E-state index in [1.807, 2.05) is 33.8 Å². The largest absolute Gasteiger partial charge is 0.508 e. The molecule has 3 aliphatic rings. The number of fused-ring (bicyclic) bond motifs is 5. The Morgan fingerprint density at radius 2 is 1.78 bits per heavy atom. The Kier molecular flexibility index (Phi) is 4.02. The molecule has 2 aromatic carbocycles. The summed E-state index contributed by atoms with van der Waals surface area (Å²) >= 11 is 0. The van der Waals surface area contributed by atoms with Crippen LogP contribution < -0.4 is 14.2 Å². The molecule has 0 saturated carbocycles. The number of ketones is 1. The molecule has 7 nitrogen and oxygen atoms in total. The van der Waals surface area contributed by atoms with Gasteiger partial charge in [0, 0.05) is 24.1 Å². The van der Waals surface area contributed by atoms with Crippen molar-refractivity contribution in [1.29, 1.82) is 0 Å². The number of hydrogen-bond acceptors (Lipinski definition) is 7. The fourth-order valence-electron chi connectivity index (χ4n) is 4.49. The van der Waals surface area contributed by atoms with E-state index in [4.69, 9.17) is 14.2 Å². The molecule has 2 atom stereocenters. The maximum atomic E-state index is 13.7. The van der Waals surface area contributed by atoms with Gasteiger partial charge in [0.15, 0.2) is 0 Å². The van der Waals surface area contributed by atoms with E-state index in [-0.39, 0.29) is 35.0 Å². The summed E-state index contributed by atoms with van der Waals surface area (Å²) in [5, 5.41) is 32.5. The van der Waals surface area contributed by atoms with E-state index in [1.54, 1.807) is 24.3 Å². The maximum absolute atomic E-state index is 13.7. The highest BCUT2D eigenvalue weighted by molar-refractivity contribution is 6.09. The highest BCUT2D eigenvalue weighted by atomic mass is 16.7. The van der Waals surface area contributed by atoms with Crippen molar-refractivity contribution in [2.24, 2.45) is 0 Å². The maximum Gasteiger partial charge on any atom is 0.318 e. The fourth-order valence-corrected chi connectivity index (χ4v) is 4.49. The average Bonchev–Trinajstić information content (AvgIpc) is 2.94. The number of ether oxygens (including phenoxy) is 3. The molecule has 0 saturated heterocycles. The van der Waals surface area contributed by atoms with Crippen LogP contribution in [0.2, 0.25) is 0 Å². The quantitative estimate of drug-likeness (QED) is 0.606. The number of allylic oxidation sites excluding steroid dienone is 1. The number of hydrogen-bond donors (Lipinski definition) is 3. The molecule has 0 aromatic heterocycles. The van der Waals surface area contributed by atoms with Crippen LogP contribution in [0.3, 0.4) is 0 Å². The lowest BCUT2D eigenvalue weighted by molar-refractivity contribution is -0.201. The lowest BCUT2D eigenvalue weighted by atomic mass is 9.77. The Hall–Kier alpha value is -3.45. The minimum Gasteiger partial charge on any atom is -0.508 e. The first-order valence-electron chi connectivity index (χ1n) is 10.4. The van der Waals surface area contributed by atoms with Gasteiger partial charge in [0.25, 0.3) is 0 Å². The summed E-state index contributed by atoms with van der Waals surface area (Å²) in [5.74, 6) is -3.09. The van der Waals surface area contributed by atoms with Crippen molar-refractivity contribution in [1.82, 2.24) is 0 Å². The van der Waals surface area contributed by atoms with Gasteiger partial charge in [0.2, 0.25) is 11.4 Å². The zero-order valence-corrected chi connectivity index (χ0v) is 18.2. The smallest absolute Gasteiger partial charge is 0.318 e. The molecule has 2 aromatic rings. The van der Waals surface area contributed by atoms with Gasteiger partial charge in [-0.15, -0.1) is 0 Å². The molecular weight excluding hydrogens is 412 g/mol. The van der Waals surface area contributed by atoms with Crippen molar-refractivity contribution in [3.05, 3.63) is 58.7 Å². The second-order valence-corrected chi connectivity index (χ2v) is 9.22. The molecular formula is C25H24O7. The molecule has 3 aliphatic heterocycles. The fraction of sp³-hybridized carbons (Fsp3) is 0.320. The third-order valence-electron chi connectivity index (χ3n) is 6.11. The zero-order chi connectivity index (χ0) is 23.1. The highest BCUT2D eigenvalue weighted by Gasteiger charge is 2.69. The van der Waals surface area contributed by atoms with Crippen LogP contribution in [0.25, 0.3) is 6.08 Å². The molecule has 0 fully saturated rings. The van der Waals surface area contributed by atoms with Gasteiger partial charge in [-0.3, -0.25) is 4.79 Å². The number of phenols is 2. The molecule has 32 heavy (non-hydrogen) atoms. The number of benzene rings is 2. The first kappa shape index (κ1) is 20.5. The third-order valence-corrected chi connectivity index (χ3v) is 6.11. The minimum absolute atomic E-state index is 0.0765. The molecule has 7 heteroatoms. The van der Waals surface area contributed by atoms with E-state index in [9.17, 15) is 20.1 Å². The monoisotopic (exact) mass is 436 g/mol. The van der Waals surface area contributed by atoms with Crippen LogP contribution in [-0.4, -0.2) is 32.5 Å². The van der Waals surface area contributed by atoms with Crippen LogP contribution >= 0.6 is 0 Å². The van der Waals surface area contributed by atoms with Crippen molar-refractivity contribution < 1.29 is 34.3 Å². The van der Waals surface area contributed by atoms with E-state index < -0.39 is 22.8 Å². The molecule has 0 spiro atoms. The van der Waals surface area contributed by atoms with E-state index in [0.717, 1.165) is 5.57 Å². The minimum atomic E-state index is -2.44. The number of phenolic OH excluding ortho intramolecular Hbond substituents is 2. The van der Waals surface area contributed by atoms with Gasteiger partial charge in [-0.25, -0.2) is 0 Å². The zero-order valence-electron chi connectivity index (χ0n) is 18.2. The Bertz CT molecular complexity index is 1240. The molecule has 3 N–H and O–H groups in total. The summed E-state index contributed by atoms with van der Waals surface area (Å²) in [6.07, 6.45) is 5.42. The standard InChI is InChI=1S/C25H24O7/c1-13(2)7-10-24-16-6-5-14(26)11-18(16)32-25(24,29)22(28)20-19(31-24)12-17-15(21(20)27)8-9-23(3,4)30-17/h5-9,11-12,26-27,29H,10H2,1-4H3/t24-,25-/m1/s1. The molecule has 0 amide bonds. The molecule has 3 heterocycles. The van der Waals surface area contributed by atoms with Gasteiger partial charge in [0.05, 0.1) is 5.56 Å². The van der Waals surface area contributed by atoms with E-state index in [2.05, 4.69) is 0 Å². The molecule has 0 aliphatic carbocycles. The number of carbonyl (C=O) groups excluding carboxylic acids is 1. The number of aromatic hydroxyl groups is 2. The van der Waals surface area contributed by atoms with Crippen LogP contribution in [0, 0.1) is 0 Å². The van der Waals surface area contributed by atoms with Crippen molar-refractivity contribution in [3.63, 3.8) is 0 Å². The van der Waals surface area contributed by atoms with Gasteiger partial charge < -0.3 is 29.5 Å². The predicted molar refractivity (Wildman–Crippen MR) is 116 cm³/mol. The van der Waals surface area contributed by atoms with Crippen LogP contribution in [0.1, 0.15) is 55.6 Å². The van der Waals surface area contributed by atoms with Crippen LogP contribution in [0.5, 0.6) is 28.7 Å². The Morgan fingerprint density at radius 1 is 1.03 bits per heavy atom. The summed E-state index contributed by atoms with van der Waals surface area (Å²) < 4.78 is 18.1. The van der Waals surface area contributed by atoms with Crippen LogP contribution in [-0.2, 0) is 5.60 Å². The first-order valence-corrected chi connectivity index (χ1v) is 10.4. The van der Waals surface area contributed by atoms with Crippen LogP contribution in [0.15, 0.2) is 42.0 Å². The molecule has 0 unspecified atom stereocenters. The molecule has 5 rings (SSSR count). The first-order chi connectivity index (χ1) is 15.0. The predicted octanol–water partition coefficient (Wildman–Crippen LogP) is 4.19. The number of rotatable bonds is 2. The second kappa shape index (κ2) is 6.29.